The molecular weight excluding hydrogens is 482 g/mol. The summed E-state index contributed by atoms with van der Waals surface area (Å²) in [5.41, 5.74) is 7.07. The van der Waals surface area contributed by atoms with Crippen LogP contribution >= 0.6 is 0 Å². The highest BCUT2D eigenvalue weighted by Crippen LogP contribution is 2.43. The van der Waals surface area contributed by atoms with Gasteiger partial charge in [-0.15, -0.1) is 0 Å². The third-order valence-corrected chi connectivity index (χ3v) is 8.39. The van der Waals surface area contributed by atoms with Crippen molar-refractivity contribution in [2.75, 3.05) is 4.90 Å². The first-order valence-electron chi connectivity index (χ1n) is 14.0. The maximum atomic E-state index is 10.3. The standard InChI is InChI=1S/C34H37N3O2/c1-21-18-22(2)32(23(3)19-21)37-28-15-17-34(4,5)16-14-27(28)35-33(37)25-9-6-10-26(20-25)39-30-13-12-24-8-7-11-29(38)31(24)36-30/h6-13,18-20,27-28,38H,14-17H2,1-5H3/t27-,28+/m0/s1. The number of para-hydroxylation sites is 1. The molecule has 2 heterocycles. The van der Waals surface area contributed by atoms with Crippen molar-refractivity contribution in [3.05, 3.63) is 89.0 Å². The van der Waals surface area contributed by atoms with Crippen LogP contribution in [0.1, 0.15) is 61.8 Å². The van der Waals surface area contributed by atoms with Crippen molar-refractivity contribution in [3.8, 4) is 17.4 Å². The maximum Gasteiger partial charge on any atom is 0.219 e. The number of benzene rings is 3. The Hall–Kier alpha value is -3.86. The van der Waals surface area contributed by atoms with E-state index >= 15 is 0 Å². The lowest BCUT2D eigenvalue weighted by atomic mass is 9.85. The zero-order chi connectivity index (χ0) is 27.3. The predicted molar refractivity (Wildman–Crippen MR) is 159 cm³/mol. The van der Waals surface area contributed by atoms with Gasteiger partial charge >= 0.3 is 0 Å². The van der Waals surface area contributed by atoms with Crippen LogP contribution in [0, 0.1) is 26.2 Å². The molecule has 1 N–H and O–H groups in total. The molecule has 0 unspecified atom stereocenters. The summed E-state index contributed by atoms with van der Waals surface area (Å²) >= 11 is 0. The number of aliphatic imine (C=N–C) groups is 1. The summed E-state index contributed by atoms with van der Waals surface area (Å²) in [6, 6.07) is 22.5. The zero-order valence-electron chi connectivity index (χ0n) is 23.5. The number of aromatic nitrogens is 1. The average Bonchev–Trinajstić information content (AvgIpc) is 3.17. The number of amidine groups is 1. The third kappa shape index (κ3) is 4.87. The Morgan fingerprint density at radius 1 is 0.897 bits per heavy atom. The van der Waals surface area contributed by atoms with E-state index in [2.05, 4.69) is 68.8 Å². The minimum atomic E-state index is 0.146. The Morgan fingerprint density at radius 2 is 1.64 bits per heavy atom. The maximum absolute atomic E-state index is 10.3. The van der Waals surface area contributed by atoms with Crippen molar-refractivity contribution >= 4 is 22.4 Å². The molecule has 3 aromatic carbocycles. The number of hydrogen-bond donors (Lipinski definition) is 1. The average molecular weight is 520 g/mol. The van der Waals surface area contributed by atoms with Gasteiger partial charge in [-0.1, -0.05) is 55.8 Å². The van der Waals surface area contributed by atoms with Crippen LogP contribution in [0.5, 0.6) is 17.4 Å². The number of hydrogen-bond acceptors (Lipinski definition) is 5. The monoisotopic (exact) mass is 519 g/mol. The van der Waals surface area contributed by atoms with E-state index in [-0.39, 0.29) is 11.8 Å². The highest BCUT2D eigenvalue weighted by atomic mass is 16.5. The number of phenolic OH excluding ortho intramolecular Hbond substituents is 1. The second kappa shape index (κ2) is 9.71. The van der Waals surface area contributed by atoms with E-state index in [0.717, 1.165) is 29.6 Å². The molecule has 0 bridgehead atoms. The van der Waals surface area contributed by atoms with Crippen molar-refractivity contribution in [1.29, 1.82) is 0 Å². The van der Waals surface area contributed by atoms with E-state index in [1.54, 1.807) is 6.07 Å². The first-order valence-corrected chi connectivity index (χ1v) is 14.0. The van der Waals surface area contributed by atoms with Crippen molar-refractivity contribution in [2.24, 2.45) is 10.4 Å². The van der Waals surface area contributed by atoms with Crippen LogP contribution in [0.25, 0.3) is 10.9 Å². The van der Waals surface area contributed by atoms with Crippen LogP contribution in [-0.4, -0.2) is 28.0 Å². The van der Waals surface area contributed by atoms with E-state index in [9.17, 15) is 5.11 Å². The zero-order valence-corrected chi connectivity index (χ0v) is 23.5. The number of anilines is 1. The summed E-state index contributed by atoms with van der Waals surface area (Å²) in [5.74, 6) is 2.31. The van der Waals surface area contributed by atoms with Crippen LogP contribution < -0.4 is 9.64 Å². The second-order valence-corrected chi connectivity index (χ2v) is 12.1. The number of aromatic hydroxyl groups is 1. The van der Waals surface area contributed by atoms with Crippen LogP contribution in [-0.2, 0) is 0 Å². The van der Waals surface area contributed by atoms with E-state index in [1.807, 2.05) is 36.4 Å². The van der Waals surface area contributed by atoms with Crippen molar-refractivity contribution in [1.82, 2.24) is 4.98 Å². The van der Waals surface area contributed by atoms with Gasteiger partial charge in [0.25, 0.3) is 0 Å². The van der Waals surface area contributed by atoms with Gasteiger partial charge < -0.3 is 14.7 Å². The molecule has 2 atom stereocenters. The molecule has 5 heteroatoms. The van der Waals surface area contributed by atoms with Gasteiger partial charge in [0, 0.05) is 22.7 Å². The SMILES string of the molecule is Cc1cc(C)c(N2C(c3cccc(Oc4ccc5cccc(O)c5n4)c3)=N[C@H]3CCC(C)(C)CC[C@H]32)c(C)c1. The summed E-state index contributed by atoms with van der Waals surface area (Å²) in [6.07, 6.45) is 4.61. The highest BCUT2D eigenvalue weighted by Gasteiger charge is 2.42. The van der Waals surface area contributed by atoms with Gasteiger partial charge in [0.1, 0.15) is 22.9 Å². The molecule has 1 aliphatic carbocycles. The molecule has 1 aromatic heterocycles. The Labute approximate surface area is 231 Å². The van der Waals surface area contributed by atoms with Gasteiger partial charge in [-0.3, -0.25) is 4.99 Å². The fraction of sp³-hybridized carbons (Fsp3) is 0.353. The molecule has 0 radical (unpaired) electrons. The smallest absolute Gasteiger partial charge is 0.219 e. The number of nitrogens with zero attached hydrogens (tertiary/aromatic N) is 3. The van der Waals surface area contributed by atoms with Crippen molar-refractivity contribution in [3.63, 3.8) is 0 Å². The molecule has 0 saturated heterocycles. The number of phenols is 1. The molecule has 200 valence electrons. The van der Waals surface area contributed by atoms with Crippen LogP contribution in [0.15, 0.2) is 71.7 Å². The molecule has 2 aliphatic rings. The number of rotatable bonds is 4. The van der Waals surface area contributed by atoms with Crippen molar-refractivity contribution < 1.29 is 9.84 Å². The van der Waals surface area contributed by atoms with Crippen molar-refractivity contribution in [2.45, 2.75) is 72.4 Å². The van der Waals surface area contributed by atoms with Gasteiger partial charge in [-0.05, 0) is 87.3 Å². The molecular formula is C34H37N3O2. The third-order valence-electron chi connectivity index (χ3n) is 8.39. The summed E-state index contributed by atoms with van der Waals surface area (Å²) in [6.45, 7) is 11.4. The first kappa shape index (κ1) is 25.4. The van der Waals surface area contributed by atoms with Gasteiger partial charge in [-0.25, -0.2) is 4.98 Å². The summed E-state index contributed by atoms with van der Waals surface area (Å²) < 4.78 is 6.22. The molecule has 5 nitrogen and oxygen atoms in total. The fourth-order valence-electron chi connectivity index (χ4n) is 6.44. The number of aryl methyl sites for hydroxylation is 3. The van der Waals surface area contributed by atoms with Crippen LogP contribution in [0.3, 0.4) is 0 Å². The topological polar surface area (TPSA) is 58.0 Å². The Kier molecular flexibility index (Phi) is 6.33. The summed E-state index contributed by atoms with van der Waals surface area (Å²) in [4.78, 5) is 12.5. The number of pyridine rings is 1. The molecule has 4 aromatic rings. The first-order chi connectivity index (χ1) is 18.7. The Bertz CT molecular complexity index is 1570. The predicted octanol–water partition coefficient (Wildman–Crippen LogP) is 8.26. The molecule has 0 amide bonds. The summed E-state index contributed by atoms with van der Waals surface area (Å²) in [5, 5.41) is 11.1. The summed E-state index contributed by atoms with van der Waals surface area (Å²) in [7, 11) is 0. The number of ether oxygens (including phenoxy) is 1. The molecule has 1 fully saturated rings. The molecule has 39 heavy (non-hydrogen) atoms. The van der Waals surface area contributed by atoms with Gasteiger partial charge in [0.2, 0.25) is 5.88 Å². The molecule has 6 rings (SSSR count). The fourth-order valence-corrected chi connectivity index (χ4v) is 6.44. The Balaban J connectivity index is 1.39. The molecule has 0 spiro atoms. The molecule has 1 aliphatic heterocycles. The lowest BCUT2D eigenvalue weighted by Crippen LogP contribution is -2.40. The van der Waals surface area contributed by atoms with Crippen LogP contribution in [0.4, 0.5) is 5.69 Å². The molecule has 1 saturated carbocycles. The van der Waals surface area contributed by atoms with Gasteiger partial charge in [0.05, 0.1) is 12.1 Å². The number of fused-ring (bicyclic) bond motifs is 2. The lowest BCUT2D eigenvalue weighted by molar-refractivity contribution is 0.311. The minimum absolute atomic E-state index is 0.146. The largest absolute Gasteiger partial charge is 0.506 e. The van der Waals surface area contributed by atoms with E-state index in [4.69, 9.17) is 9.73 Å². The van der Waals surface area contributed by atoms with Gasteiger partial charge in [-0.2, -0.15) is 0 Å². The van der Waals surface area contributed by atoms with E-state index in [0.29, 0.717) is 28.6 Å². The van der Waals surface area contributed by atoms with Gasteiger partial charge in [0.15, 0.2) is 0 Å². The highest BCUT2D eigenvalue weighted by molar-refractivity contribution is 6.12. The van der Waals surface area contributed by atoms with E-state index < -0.39 is 0 Å². The lowest BCUT2D eigenvalue weighted by Gasteiger charge is -2.33. The Morgan fingerprint density at radius 3 is 2.44 bits per heavy atom. The quantitative estimate of drug-likeness (QED) is 0.295. The normalized spacial score (nSPS) is 20.4. The minimum Gasteiger partial charge on any atom is -0.506 e. The van der Waals surface area contributed by atoms with E-state index in [1.165, 1.54) is 35.2 Å². The second-order valence-electron chi connectivity index (χ2n) is 12.1. The van der Waals surface area contributed by atoms with Crippen LogP contribution in [0.2, 0.25) is 0 Å².